The van der Waals surface area contributed by atoms with Gasteiger partial charge >= 0.3 is 6.18 Å². The van der Waals surface area contributed by atoms with Crippen molar-refractivity contribution in [1.29, 1.82) is 0 Å². The average molecular weight is 1020 g/mol. The van der Waals surface area contributed by atoms with Gasteiger partial charge in [-0.1, -0.05) is 31.7 Å². The largest absolute Gasteiger partial charge is 0.416 e. The molecule has 0 spiro atoms. The van der Waals surface area contributed by atoms with E-state index in [4.69, 9.17) is 0 Å². The number of piperazine rings is 1. The lowest BCUT2D eigenvalue weighted by molar-refractivity contribution is -0.137. The standard InChI is InChI=1S/C54H76F3N11O5/c1-35(2)64(3)40-19-21-46(68-25-22-44(53(68)73)62-50-41-30-38(54(55,56)57)16-20-43(41)60-34-61-50)45(31-40)63-51(71)36-14-17-39(18-15-36)66-26-28-67(29-27-66)47(69)13-9-7-5-6-8-10-24-59-52(72)42-32-48(70)65(4)49(42)37-12-11-23-58-33-37/h11-12,16,20,23,30,33-36,39-40,42,44-46,49H,5-10,13-15,17-19,21-22,24-29,31-32H2,1-4H3,(H,59,72)(H,63,71)(H,60,61,62)/t36-,39-,40-,42+,44+,45-,46+,49-/m1/s1. The third-order valence-electron chi connectivity index (χ3n) is 16.7. The van der Waals surface area contributed by atoms with Crippen molar-refractivity contribution < 1.29 is 37.1 Å². The molecule has 2 aliphatic carbocycles. The zero-order chi connectivity index (χ0) is 51.8. The minimum atomic E-state index is -4.54. The lowest BCUT2D eigenvalue weighted by atomic mass is 9.82. The number of aromatic nitrogens is 3. The second kappa shape index (κ2) is 24.3. The third-order valence-corrected chi connectivity index (χ3v) is 16.7. The smallest absolute Gasteiger partial charge is 0.358 e. The van der Waals surface area contributed by atoms with Gasteiger partial charge in [-0.05, 0) is 115 Å². The van der Waals surface area contributed by atoms with Gasteiger partial charge in [0.25, 0.3) is 0 Å². The number of hydrogen-bond donors (Lipinski definition) is 3. The molecule has 19 heteroatoms. The van der Waals surface area contributed by atoms with Crippen LogP contribution in [0.1, 0.15) is 134 Å². The summed E-state index contributed by atoms with van der Waals surface area (Å²) < 4.78 is 40.9. The molecule has 5 aliphatic rings. The highest BCUT2D eigenvalue weighted by molar-refractivity contribution is 5.93. The number of nitrogens with one attached hydrogen (secondary N) is 3. The van der Waals surface area contributed by atoms with Gasteiger partial charge in [0, 0.05) is 101 Å². The van der Waals surface area contributed by atoms with Gasteiger partial charge in [-0.15, -0.1) is 0 Å². The Balaban J connectivity index is 0.732. The van der Waals surface area contributed by atoms with E-state index in [0.717, 1.165) is 108 Å². The number of unbranched alkanes of at least 4 members (excludes halogenated alkanes) is 5. The second-order valence-corrected chi connectivity index (χ2v) is 21.5. The number of halogens is 3. The van der Waals surface area contributed by atoms with Crippen molar-refractivity contribution in [2.45, 2.75) is 165 Å². The lowest BCUT2D eigenvalue weighted by Crippen LogP contribution is -2.59. The van der Waals surface area contributed by atoms with Crippen molar-refractivity contribution in [3.05, 3.63) is 60.2 Å². The molecule has 6 atom stereocenters. The Morgan fingerprint density at radius 3 is 2.32 bits per heavy atom. The van der Waals surface area contributed by atoms with E-state index in [1.165, 1.54) is 12.4 Å². The number of alkyl halides is 3. The predicted molar refractivity (Wildman–Crippen MR) is 272 cm³/mol. The molecule has 1 aromatic carbocycles. The summed E-state index contributed by atoms with van der Waals surface area (Å²) >= 11 is 0. The van der Waals surface area contributed by atoms with Crippen LogP contribution in [0.4, 0.5) is 19.0 Å². The van der Waals surface area contributed by atoms with Crippen LogP contribution in [0.5, 0.6) is 0 Å². The molecule has 0 bridgehead atoms. The normalized spacial score (nSPS) is 26.3. The van der Waals surface area contributed by atoms with Gasteiger partial charge in [0.2, 0.25) is 29.5 Å². The highest BCUT2D eigenvalue weighted by atomic mass is 19.4. The first kappa shape index (κ1) is 53.8. The van der Waals surface area contributed by atoms with E-state index in [1.807, 2.05) is 21.9 Å². The van der Waals surface area contributed by atoms with Crippen LogP contribution in [0.25, 0.3) is 10.9 Å². The minimum absolute atomic E-state index is 0.0350. The van der Waals surface area contributed by atoms with Crippen LogP contribution in [-0.4, -0.2) is 159 Å². The maximum Gasteiger partial charge on any atom is 0.416 e. The summed E-state index contributed by atoms with van der Waals surface area (Å²) in [7, 11) is 3.86. The fourth-order valence-electron chi connectivity index (χ4n) is 12.2. The highest BCUT2D eigenvalue weighted by Gasteiger charge is 2.45. The molecular formula is C54H76F3N11O5. The first-order valence-electron chi connectivity index (χ1n) is 26.9. The van der Waals surface area contributed by atoms with Crippen LogP contribution in [0, 0.1) is 11.8 Å². The Hall–Kier alpha value is -5.43. The molecule has 5 amide bonds. The van der Waals surface area contributed by atoms with Crippen molar-refractivity contribution in [3.63, 3.8) is 0 Å². The summed E-state index contributed by atoms with van der Waals surface area (Å²) in [6.45, 7) is 8.45. The van der Waals surface area contributed by atoms with Crippen molar-refractivity contribution in [1.82, 2.24) is 50.1 Å². The molecule has 2 aromatic heterocycles. The first-order chi connectivity index (χ1) is 35.1. The van der Waals surface area contributed by atoms with E-state index in [0.29, 0.717) is 63.0 Å². The molecule has 3 N–H and O–H groups in total. The lowest BCUT2D eigenvalue weighted by Gasteiger charge is -2.45. The third kappa shape index (κ3) is 13.1. The number of hydrogen-bond acceptors (Lipinski definition) is 11. The van der Waals surface area contributed by atoms with Crippen LogP contribution in [0.15, 0.2) is 49.1 Å². The monoisotopic (exact) mass is 1020 g/mol. The molecule has 16 nitrogen and oxygen atoms in total. The number of rotatable bonds is 19. The highest BCUT2D eigenvalue weighted by Crippen LogP contribution is 2.38. The van der Waals surface area contributed by atoms with Gasteiger partial charge in [-0.3, -0.25) is 33.9 Å². The zero-order valence-electron chi connectivity index (χ0n) is 43.1. The Labute approximate surface area is 428 Å². The first-order valence-corrected chi connectivity index (χ1v) is 26.9. The summed E-state index contributed by atoms with van der Waals surface area (Å²) in [4.78, 5) is 89.9. The molecule has 5 fully saturated rings. The van der Waals surface area contributed by atoms with Gasteiger partial charge in [0.1, 0.15) is 18.2 Å². The molecule has 3 aromatic rings. The molecule has 3 saturated heterocycles. The number of benzene rings is 1. The number of pyridine rings is 1. The van der Waals surface area contributed by atoms with E-state index in [9.17, 15) is 37.1 Å². The van der Waals surface area contributed by atoms with Crippen LogP contribution < -0.4 is 16.0 Å². The van der Waals surface area contributed by atoms with Gasteiger partial charge in [-0.25, -0.2) is 9.97 Å². The average Bonchev–Trinajstić information content (AvgIpc) is 3.91. The number of carbonyl (C=O) groups is 5. The molecule has 73 heavy (non-hydrogen) atoms. The van der Waals surface area contributed by atoms with E-state index in [-0.39, 0.29) is 77.2 Å². The molecular weight excluding hydrogens is 940 g/mol. The van der Waals surface area contributed by atoms with E-state index < -0.39 is 23.7 Å². The summed E-state index contributed by atoms with van der Waals surface area (Å²) in [6, 6.07) is 6.56. The fraction of sp³-hybridized carbons (Fsp3) is 0.667. The van der Waals surface area contributed by atoms with Crippen molar-refractivity contribution in [3.8, 4) is 0 Å². The Morgan fingerprint density at radius 2 is 1.60 bits per heavy atom. The molecule has 2 saturated carbocycles. The van der Waals surface area contributed by atoms with Gasteiger partial charge in [0.15, 0.2) is 0 Å². The van der Waals surface area contributed by atoms with Crippen LogP contribution in [0.3, 0.4) is 0 Å². The molecule has 3 aliphatic heterocycles. The maximum absolute atomic E-state index is 14.1. The SMILES string of the molecule is CC(C)N(C)[C@@H]1CC[C@H](N2CC[C@H](Nc3ncnc4ccc(C(F)(F)F)cc34)C2=O)[C@H](NC(=O)[C@H]2CC[C@H](N3CCN(C(=O)CCCCCCCCNC(=O)[C@H]4CC(=O)N(C)[C@@H]4c4cccnc4)CC3)CC2)C1. The summed E-state index contributed by atoms with van der Waals surface area (Å²) in [5, 5.41) is 9.86. The Kier molecular flexibility index (Phi) is 17.9. The molecule has 5 heterocycles. The quantitative estimate of drug-likeness (QED) is 0.111. The number of likely N-dealkylation sites (tertiary alicyclic amines) is 2. The molecule has 8 rings (SSSR count). The number of carbonyl (C=O) groups excluding carboxylic acids is 5. The topological polar surface area (TPSA) is 176 Å². The fourth-order valence-corrected chi connectivity index (χ4v) is 12.2. The molecule has 398 valence electrons. The Bertz CT molecular complexity index is 2380. The van der Waals surface area contributed by atoms with Gasteiger partial charge in [0.05, 0.1) is 35.1 Å². The summed E-state index contributed by atoms with van der Waals surface area (Å²) in [5.74, 6) is -0.369. The Morgan fingerprint density at radius 1 is 0.863 bits per heavy atom. The number of fused-ring (bicyclic) bond motifs is 1. The van der Waals surface area contributed by atoms with Crippen molar-refractivity contribution in [2.24, 2.45) is 11.8 Å². The molecule has 0 radical (unpaired) electrons. The molecule has 0 unspecified atom stereocenters. The van der Waals surface area contributed by atoms with Gasteiger partial charge in [-0.2, -0.15) is 13.2 Å². The second-order valence-electron chi connectivity index (χ2n) is 21.5. The number of amides is 5. The van der Waals surface area contributed by atoms with Crippen LogP contribution in [0.2, 0.25) is 0 Å². The van der Waals surface area contributed by atoms with Crippen LogP contribution >= 0.6 is 0 Å². The number of anilines is 1. The summed E-state index contributed by atoms with van der Waals surface area (Å²) in [6.07, 6.45) is 12.9. The van der Waals surface area contributed by atoms with Crippen LogP contribution in [-0.2, 0) is 30.1 Å². The summed E-state index contributed by atoms with van der Waals surface area (Å²) in [5.41, 5.74) is 0.408. The van der Waals surface area contributed by atoms with Crippen molar-refractivity contribution >= 4 is 46.3 Å². The van der Waals surface area contributed by atoms with E-state index in [2.05, 4.69) is 61.6 Å². The maximum atomic E-state index is 14.1. The predicted octanol–water partition coefficient (Wildman–Crippen LogP) is 6.57. The van der Waals surface area contributed by atoms with E-state index >= 15 is 0 Å². The number of nitrogens with zero attached hydrogens (tertiary/aromatic N) is 8. The zero-order valence-corrected chi connectivity index (χ0v) is 43.1. The van der Waals surface area contributed by atoms with Crippen molar-refractivity contribution in [2.75, 3.05) is 58.7 Å². The van der Waals surface area contributed by atoms with Gasteiger partial charge < -0.3 is 35.6 Å². The minimum Gasteiger partial charge on any atom is -0.358 e. The van der Waals surface area contributed by atoms with E-state index in [1.54, 1.807) is 24.3 Å².